The van der Waals surface area contributed by atoms with Crippen LogP contribution < -0.4 is 9.64 Å². The first-order chi connectivity index (χ1) is 12.9. The smallest absolute Gasteiger partial charge is 0.268 e. The van der Waals surface area contributed by atoms with Crippen molar-refractivity contribution in [2.45, 2.75) is 33.0 Å². The van der Waals surface area contributed by atoms with Crippen LogP contribution in [0.1, 0.15) is 25.0 Å². The fourth-order valence-corrected chi connectivity index (χ4v) is 3.02. The molecule has 2 aromatic rings. The minimum absolute atomic E-state index is 0.203. The van der Waals surface area contributed by atoms with E-state index < -0.39 is 6.10 Å². The molecule has 27 heavy (non-hydrogen) atoms. The summed E-state index contributed by atoms with van der Waals surface area (Å²) in [6.45, 7) is 5.63. The van der Waals surface area contributed by atoms with Gasteiger partial charge in [-0.25, -0.2) is 4.90 Å². The number of carbonyl (C=O) groups is 2. The molecule has 0 aliphatic carbocycles. The molecule has 2 aromatic carbocycles. The molecule has 1 heterocycles. The number of anilines is 1. The standard InChI is InChI=1S/C22H23NO4/c1-14(2)27-20-18(13-16-7-5-6-8-19(16)26-4)21(24)23(22(20)25)17-11-9-15(3)10-12-17/h5-14,20H,1-4H3/b18-13+. The highest BCUT2D eigenvalue weighted by molar-refractivity contribution is 6.32. The first-order valence-electron chi connectivity index (χ1n) is 8.87. The van der Waals surface area contributed by atoms with Crippen molar-refractivity contribution in [3.8, 4) is 5.75 Å². The monoisotopic (exact) mass is 365 g/mol. The van der Waals surface area contributed by atoms with Crippen molar-refractivity contribution in [1.29, 1.82) is 0 Å². The number of para-hydroxylation sites is 1. The van der Waals surface area contributed by atoms with E-state index in [1.807, 2.05) is 57.2 Å². The van der Waals surface area contributed by atoms with Gasteiger partial charge in [0.05, 0.1) is 24.5 Å². The number of nitrogens with zero attached hydrogens (tertiary/aromatic N) is 1. The number of methoxy groups -OCH3 is 1. The van der Waals surface area contributed by atoms with E-state index in [1.165, 1.54) is 4.90 Å². The zero-order chi connectivity index (χ0) is 19.6. The lowest BCUT2D eigenvalue weighted by Crippen LogP contribution is -2.33. The quantitative estimate of drug-likeness (QED) is 0.598. The van der Waals surface area contributed by atoms with Gasteiger partial charge >= 0.3 is 0 Å². The number of imide groups is 1. The number of ether oxygens (including phenoxy) is 2. The van der Waals surface area contributed by atoms with E-state index >= 15 is 0 Å². The number of rotatable bonds is 5. The highest BCUT2D eigenvalue weighted by Crippen LogP contribution is 2.32. The molecule has 0 radical (unpaired) electrons. The van der Waals surface area contributed by atoms with Crippen molar-refractivity contribution in [3.63, 3.8) is 0 Å². The van der Waals surface area contributed by atoms with Gasteiger partial charge in [-0.3, -0.25) is 9.59 Å². The predicted molar refractivity (Wildman–Crippen MR) is 105 cm³/mol. The molecule has 2 amide bonds. The molecule has 140 valence electrons. The summed E-state index contributed by atoms with van der Waals surface area (Å²) in [5, 5.41) is 0. The summed E-state index contributed by atoms with van der Waals surface area (Å²) in [7, 11) is 1.57. The Labute approximate surface area is 159 Å². The molecule has 1 fully saturated rings. The molecule has 0 spiro atoms. The molecular weight excluding hydrogens is 342 g/mol. The molecule has 5 nitrogen and oxygen atoms in total. The van der Waals surface area contributed by atoms with Gasteiger partial charge in [0.25, 0.3) is 11.8 Å². The summed E-state index contributed by atoms with van der Waals surface area (Å²) in [5.41, 5.74) is 2.62. The van der Waals surface area contributed by atoms with Crippen LogP contribution in [0.4, 0.5) is 5.69 Å². The summed E-state index contributed by atoms with van der Waals surface area (Å²) >= 11 is 0. The predicted octanol–water partition coefficient (Wildman–Crippen LogP) is 3.75. The summed E-state index contributed by atoms with van der Waals surface area (Å²) in [6.07, 6.45) is 0.537. The molecule has 1 aliphatic rings. The number of hydrogen-bond donors (Lipinski definition) is 0. The van der Waals surface area contributed by atoms with Gasteiger partial charge in [-0.2, -0.15) is 0 Å². The van der Waals surface area contributed by atoms with Gasteiger partial charge in [0.15, 0.2) is 6.10 Å². The van der Waals surface area contributed by atoms with Crippen molar-refractivity contribution in [1.82, 2.24) is 0 Å². The second-order valence-electron chi connectivity index (χ2n) is 6.72. The van der Waals surface area contributed by atoms with E-state index in [0.29, 0.717) is 17.0 Å². The zero-order valence-electron chi connectivity index (χ0n) is 15.9. The minimum atomic E-state index is -0.941. The Hall–Kier alpha value is -2.92. The van der Waals surface area contributed by atoms with E-state index in [2.05, 4.69) is 0 Å². The lowest BCUT2D eigenvalue weighted by Gasteiger charge is -2.16. The van der Waals surface area contributed by atoms with Gasteiger partial charge in [0.1, 0.15) is 5.75 Å². The van der Waals surface area contributed by atoms with Gasteiger partial charge in [0.2, 0.25) is 0 Å². The molecular formula is C22H23NO4. The third-order valence-electron chi connectivity index (χ3n) is 4.33. The van der Waals surface area contributed by atoms with Crippen LogP contribution in [-0.2, 0) is 14.3 Å². The van der Waals surface area contributed by atoms with E-state index in [-0.39, 0.29) is 17.9 Å². The van der Waals surface area contributed by atoms with Crippen molar-refractivity contribution in [2.75, 3.05) is 12.0 Å². The lowest BCUT2D eigenvalue weighted by molar-refractivity contribution is -0.128. The number of benzene rings is 2. The zero-order valence-corrected chi connectivity index (χ0v) is 15.9. The van der Waals surface area contributed by atoms with Crippen molar-refractivity contribution >= 4 is 23.6 Å². The Morgan fingerprint density at radius 2 is 1.70 bits per heavy atom. The molecule has 1 saturated heterocycles. The first-order valence-corrected chi connectivity index (χ1v) is 8.87. The summed E-state index contributed by atoms with van der Waals surface area (Å²) in [5.74, 6) is -0.124. The van der Waals surface area contributed by atoms with Gasteiger partial charge in [0, 0.05) is 5.56 Å². The molecule has 0 saturated carbocycles. The number of carbonyl (C=O) groups excluding carboxylic acids is 2. The molecule has 1 unspecified atom stereocenters. The summed E-state index contributed by atoms with van der Waals surface area (Å²) in [4.78, 5) is 27.3. The van der Waals surface area contributed by atoms with E-state index in [0.717, 1.165) is 11.1 Å². The van der Waals surface area contributed by atoms with Gasteiger partial charge in [-0.1, -0.05) is 35.9 Å². The van der Waals surface area contributed by atoms with E-state index in [1.54, 1.807) is 25.3 Å². The molecule has 3 rings (SSSR count). The van der Waals surface area contributed by atoms with E-state index in [4.69, 9.17) is 9.47 Å². The number of hydrogen-bond acceptors (Lipinski definition) is 4. The Morgan fingerprint density at radius 3 is 2.33 bits per heavy atom. The third-order valence-corrected chi connectivity index (χ3v) is 4.33. The van der Waals surface area contributed by atoms with Crippen LogP contribution in [-0.4, -0.2) is 31.1 Å². The van der Waals surface area contributed by atoms with Crippen LogP contribution in [0.3, 0.4) is 0 Å². The fraction of sp³-hybridized carbons (Fsp3) is 0.273. The van der Waals surface area contributed by atoms with Gasteiger partial charge in [-0.15, -0.1) is 0 Å². The maximum absolute atomic E-state index is 13.1. The average molecular weight is 365 g/mol. The topological polar surface area (TPSA) is 55.8 Å². The van der Waals surface area contributed by atoms with Crippen LogP contribution in [0.2, 0.25) is 0 Å². The molecule has 0 N–H and O–H groups in total. The normalized spacial score (nSPS) is 18.6. The van der Waals surface area contributed by atoms with Crippen LogP contribution in [0.15, 0.2) is 54.1 Å². The van der Waals surface area contributed by atoms with Crippen molar-refractivity contribution in [2.24, 2.45) is 0 Å². The van der Waals surface area contributed by atoms with Crippen molar-refractivity contribution < 1.29 is 19.1 Å². The van der Waals surface area contributed by atoms with Crippen LogP contribution in [0, 0.1) is 6.92 Å². The molecule has 1 atom stereocenters. The fourth-order valence-electron chi connectivity index (χ4n) is 3.02. The lowest BCUT2D eigenvalue weighted by atomic mass is 10.1. The van der Waals surface area contributed by atoms with Crippen LogP contribution in [0.5, 0.6) is 5.75 Å². The van der Waals surface area contributed by atoms with Crippen LogP contribution in [0.25, 0.3) is 6.08 Å². The molecule has 1 aliphatic heterocycles. The highest BCUT2D eigenvalue weighted by atomic mass is 16.5. The second kappa shape index (κ2) is 7.76. The maximum atomic E-state index is 13.1. The molecule has 0 aromatic heterocycles. The summed E-state index contributed by atoms with van der Waals surface area (Å²) in [6, 6.07) is 14.6. The SMILES string of the molecule is COc1ccccc1/C=C1/C(=O)N(c2ccc(C)cc2)C(=O)C1OC(C)C. The highest BCUT2D eigenvalue weighted by Gasteiger charge is 2.45. The van der Waals surface area contributed by atoms with Crippen LogP contribution >= 0.6 is 0 Å². The maximum Gasteiger partial charge on any atom is 0.268 e. The Balaban J connectivity index is 2.07. The largest absolute Gasteiger partial charge is 0.496 e. The second-order valence-corrected chi connectivity index (χ2v) is 6.72. The van der Waals surface area contributed by atoms with Gasteiger partial charge < -0.3 is 9.47 Å². The Kier molecular flexibility index (Phi) is 5.42. The van der Waals surface area contributed by atoms with Crippen molar-refractivity contribution in [3.05, 3.63) is 65.2 Å². The molecule has 5 heteroatoms. The average Bonchev–Trinajstić information content (AvgIpc) is 2.87. The van der Waals surface area contributed by atoms with E-state index in [9.17, 15) is 9.59 Å². The third kappa shape index (κ3) is 3.78. The first kappa shape index (κ1) is 18.9. The van der Waals surface area contributed by atoms with Gasteiger partial charge in [-0.05, 0) is 45.0 Å². The Bertz CT molecular complexity index is 883. The molecule has 0 bridgehead atoms. The number of amides is 2. The minimum Gasteiger partial charge on any atom is -0.496 e. The Morgan fingerprint density at radius 1 is 1.04 bits per heavy atom. The number of aryl methyl sites for hydroxylation is 1. The summed E-state index contributed by atoms with van der Waals surface area (Å²) < 4.78 is 11.2.